The van der Waals surface area contributed by atoms with Crippen LogP contribution < -0.4 is 11.1 Å². The molecule has 114 valence electrons. The molecule has 0 radical (unpaired) electrons. The van der Waals surface area contributed by atoms with Gasteiger partial charge in [0.1, 0.15) is 0 Å². The second-order valence-corrected chi connectivity index (χ2v) is 5.82. The summed E-state index contributed by atoms with van der Waals surface area (Å²) in [6.45, 7) is 6.03. The van der Waals surface area contributed by atoms with Crippen molar-refractivity contribution in [3.8, 4) is 0 Å². The highest BCUT2D eigenvalue weighted by Crippen LogP contribution is 2.26. The molecule has 20 heavy (non-hydrogen) atoms. The molecular weight excluding hydrogens is 256 g/mol. The fraction of sp³-hybridized carbons (Fsp3) is 0.857. The molecule has 6 heteroatoms. The molecule has 3 N–H and O–H groups in total. The van der Waals surface area contributed by atoms with Gasteiger partial charge < -0.3 is 16.0 Å². The molecule has 0 bridgehead atoms. The summed E-state index contributed by atoms with van der Waals surface area (Å²) in [6.07, 6.45) is 2.73. The maximum atomic E-state index is 12.3. The fourth-order valence-corrected chi connectivity index (χ4v) is 3.08. The summed E-state index contributed by atoms with van der Waals surface area (Å²) in [7, 11) is 0. The van der Waals surface area contributed by atoms with Crippen LogP contribution in [0.4, 0.5) is 0 Å². The van der Waals surface area contributed by atoms with Gasteiger partial charge in [-0.25, -0.2) is 0 Å². The lowest BCUT2D eigenvalue weighted by Gasteiger charge is -2.35. The minimum Gasteiger partial charge on any atom is -0.355 e. The Hall–Kier alpha value is -1.14. The number of nitrogens with one attached hydrogen (secondary N) is 1. The van der Waals surface area contributed by atoms with Crippen LogP contribution in [0.15, 0.2) is 0 Å². The van der Waals surface area contributed by atoms with Gasteiger partial charge in [0, 0.05) is 44.7 Å². The van der Waals surface area contributed by atoms with Crippen molar-refractivity contribution in [1.29, 1.82) is 0 Å². The summed E-state index contributed by atoms with van der Waals surface area (Å²) in [5.41, 5.74) is 5.87. The van der Waals surface area contributed by atoms with E-state index < -0.39 is 0 Å². The lowest BCUT2D eigenvalue weighted by atomic mass is 10.1. The van der Waals surface area contributed by atoms with E-state index in [0.717, 1.165) is 45.4 Å². The molecule has 1 aliphatic carbocycles. The molecule has 2 unspecified atom stereocenters. The summed E-state index contributed by atoms with van der Waals surface area (Å²) in [5, 5.41) is 2.80. The van der Waals surface area contributed by atoms with Crippen LogP contribution in [0, 0.1) is 5.92 Å². The molecule has 6 nitrogen and oxygen atoms in total. The Morgan fingerprint density at radius 1 is 1.20 bits per heavy atom. The highest BCUT2D eigenvalue weighted by atomic mass is 16.2. The molecule has 2 amide bonds. The number of rotatable bonds is 4. The molecular formula is C14H26N4O2. The highest BCUT2D eigenvalue weighted by Gasteiger charge is 2.32. The van der Waals surface area contributed by atoms with E-state index in [1.807, 2.05) is 11.8 Å². The number of hydrogen-bond donors (Lipinski definition) is 2. The van der Waals surface area contributed by atoms with E-state index in [9.17, 15) is 9.59 Å². The molecule has 1 saturated heterocycles. The van der Waals surface area contributed by atoms with Gasteiger partial charge in [-0.1, -0.05) is 0 Å². The number of nitrogens with zero attached hydrogens (tertiary/aromatic N) is 2. The number of nitrogens with two attached hydrogens (primary N) is 1. The molecule has 1 heterocycles. The van der Waals surface area contributed by atoms with E-state index in [1.54, 1.807) is 0 Å². The quantitative estimate of drug-likeness (QED) is 0.721. The van der Waals surface area contributed by atoms with Crippen molar-refractivity contribution in [2.45, 2.75) is 32.2 Å². The molecule has 1 aliphatic heterocycles. The van der Waals surface area contributed by atoms with E-state index in [4.69, 9.17) is 5.73 Å². The summed E-state index contributed by atoms with van der Waals surface area (Å²) >= 11 is 0. The monoisotopic (exact) mass is 282 g/mol. The van der Waals surface area contributed by atoms with Gasteiger partial charge in [-0.3, -0.25) is 14.5 Å². The zero-order valence-electron chi connectivity index (χ0n) is 12.3. The Labute approximate surface area is 120 Å². The van der Waals surface area contributed by atoms with Crippen LogP contribution in [0.25, 0.3) is 0 Å². The van der Waals surface area contributed by atoms with Crippen molar-refractivity contribution < 1.29 is 9.59 Å². The van der Waals surface area contributed by atoms with E-state index in [0.29, 0.717) is 13.1 Å². The Bertz CT molecular complexity index is 353. The number of amides is 2. The van der Waals surface area contributed by atoms with E-state index in [-0.39, 0.29) is 23.8 Å². The van der Waals surface area contributed by atoms with Gasteiger partial charge in [-0.2, -0.15) is 0 Å². The molecule has 2 rings (SSSR count). The molecule has 0 aromatic heterocycles. The van der Waals surface area contributed by atoms with Crippen molar-refractivity contribution in [2.75, 3.05) is 39.3 Å². The van der Waals surface area contributed by atoms with Crippen LogP contribution in [0.3, 0.4) is 0 Å². The van der Waals surface area contributed by atoms with Gasteiger partial charge >= 0.3 is 0 Å². The Balaban J connectivity index is 1.73. The van der Waals surface area contributed by atoms with Gasteiger partial charge in [-0.05, 0) is 26.2 Å². The zero-order valence-corrected chi connectivity index (χ0v) is 12.3. The predicted molar refractivity (Wildman–Crippen MR) is 77.0 cm³/mol. The molecule has 2 aliphatic rings. The van der Waals surface area contributed by atoms with Crippen LogP contribution in [-0.4, -0.2) is 66.9 Å². The van der Waals surface area contributed by atoms with Gasteiger partial charge in [0.15, 0.2) is 0 Å². The Morgan fingerprint density at radius 3 is 2.45 bits per heavy atom. The topological polar surface area (TPSA) is 78.7 Å². The number of hydrogen-bond acceptors (Lipinski definition) is 4. The van der Waals surface area contributed by atoms with Crippen molar-refractivity contribution in [3.63, 3.8) is 0 Å². The second-order valence-electron chi connectivity index (χ2n) is 5.82. The number of carbonyl (C=O) groups is 2. The van der Waals surface area contributed by atoms with Crippen molar-refractivity contribution >= 4 is 11.8 Å². The maximum absolute atomic E-state index is 12.3. The normalized spacial score (nSPS) is 27.6. The first-order valence-corrected chi connectivity index (χ1v) is 7.63. The third-order valence-electron chi connectivity index (χ3n) is 4.25. The fourth-order valence-electron chi connectivity index (χ4n) is 3.08. The van der Waals surface area contributed by atoms with Crippen molar-refractivity contribution in [1.82, 2.24) is 15.1 Å². The molecule has 0 aromatic rings. The van der Waals surface area contributed by atoms with Crippen LogP contribution in [0.5, 0.6) is 0 Å². The van der Waals surface area contributed by atoms with E-state index in [1.165, 1.54) is 0 Å². The summed E-state index contributed by atoms with van der Waals surface area (Å²) in [5.74, 6) is 0.449. The minimum absolute atomic E-state index is 0.0639. The Kier molecular flexibility index (Phi) is 5.37. The van der Waals surface area contributed by atoms with Gasteiger partial charge in [-0.15, -0.1) is 0 Å². The van der Waals surface area contributed by atoms with Crippen LogP contribution in [0.1, 0.15) is 26.2 Å². The lowest BCUT2D eigenvalue weighted by Crippen LogP contribution is -2.52. The van der Waals surface area contributed by atoms with Gasteiger partial charge in [0.05, 0.1) is 6.54 Å². The first kappa shape index (κ1) is 15.3. The molecule has 0 spiro atoms. The van der Waals surface area contributed by atoms with Gasteiger partial charge in [0.2, 0.25) is 11.8 Å². The van der Waals surface area contributed by atoms with Crippen LogP contribution in [0.2, 0.25) is 0 Å². The third-order valence-corrected chi connectivity index (χ3v) is 4.25. The summed E-state index contributed by atoms with van der Waals surface area (Å²) < 4.78 is 0. The standard InChI is InChI=1S/C14H26N4O2/c1-2-16-13(19)10-17-5-7-18(8-6-17)14(20)11-3-4-12(15)9-11/h11-12H,2-10,15H2,1H3,(H,16,19). The smallest absolute Gasteiger partial charge is 0.234 e. The summed E-state index contributed by atoms with van der Waals surface area (Å²) in [4.78, 5) is 27.9. The van der Waals surface area contributed by atoms with Crippen LogP contribution >= 0.6 is 0 Å². The van der Waals surface area contributed by atoms with E-state index in [2.05, 4.69) is 10.2 Å². The average Bonchev–Trinajstić information content (AvgIpc) is 2.86. The van der Waals surface area contributed by atoms with E-state index >= 15 is 0 Å². The average molecular weight is 282 g/mol. The van der Waals surface area contributed by atoms with Crippen LogP contribution in [-0.2, 0) is 9.59 Å². The minimum atomic E-state index is 0.0639. The lowest BCUT2D eigenvalue weighted by molar-refractivity contribution is -0.137. The Morgan fingerprint density at radius 2 is 1.90 bits per heavy atom. The van der Waals surface area contributed by atoms with Crippen molar-refractivity contribution in [3.05, 3.63) is 0 Å². The number of carbonyl (C=O) groups excluding carboxylic acids is 2. The first-order valence-electron chi connectivity index (χ1n) is 7.63. The second kappa shape index (κ2) is 7.04. The SMILES string of the molecule is CCNC(=O)CN1CCN(C(=O)C2CCC(N)C2)CC1. The van der Waals surface area contributed by atoms with Gasteiger partial charge in [0.25, 0.3) is 0 Å². The highest BCUT2D eigenvalue weighted by molar-refractivity contribution is 5.79. The summed E-state index contributed by atoms with van der Waals surface area (Å²) in [6, 6.07) is 0.197. The number of piperazine rings is 1. The molecule has 2 atom stereocenters. The molecule has 1 saturated carbocycles. The largest absolute Gasteiger partial charge is 0.355 e. The number of likely N-dealkylation sites (N-methyl/N-ethyl adjacent to an activating group) is 1. The third kappa shape index (κ3) is 3.93. The molecule has 0 aromatic carbocycles. The van der Waals surface area contributed by atoms with Crippen molar-refractivity contribution in [2.24, 2.45) is 11.7 Å². The molecule has 2 fully saturated rings. The maximum Gasteiger partial charge on any atom is 0.234 e. The zero-order chi connectivity index (χ0) is 14.5. The first-order chi connectivity index (χ1) is 9.60. The predicted octanol–water partition coefficient (Wildman–Crippen LogP) is -0.606.